The van der Waals surface area contributed by atoms with Crippen LogP contribution in [-0.2, 0) is 0 Å². The molecule has 0 aliphatic heterocycles. The summed E-state index contributed by atoms with van der Waals surface area (Å²) in [7, 11) is 0. The van der Waals surface area contributed by atoms with Gasteiger partial charge in [-0.3, -0.25) is 9.59 Å². The molecule has 0 bridgehead atoms. The molecule has 11 nitrogen and oxygen atoms in total. The Morgan fingerprint density at radius 1 is 0.868 bits per heavy atom. The molecule has 0 saturated carbocycles. The average molecular weight is 525 g/mol. The number of rotatable bonds is 6. The summed E-state index contributed by atoms with van der Waals surface area (Å²) in [4.78, 5) is 29.1. The highest BCUT2D eigenvalue weighted by molar-refractivity contribution is 6.31. The SMILES string of the molecule is O=C(Nc1cccc2cc(C(=O)Nc3ccc(Cl)cc3-c3nnn[nH]3)[nH]c12)c1cc(-c2ccccc2)on1. The molecule has 0 aliphatic rings. The van der Waals surface area contributed by atoms with Crippen molar-refractivity contribution < 1.29 is 14.1 Å². The Morgan fingerprint density at radius 2 is 1.71 bits per heavy atom. The van der Waals surface area contributed by atoms with Gasteiger partial charge in [0, 0.05) is 27.6 Å². The molecule has 0 radical (unpaired) electrons. The molecule has 6 rings (SSSR count). The molecule has 0 unspecified atom stereocenters. The first-order valence-corrected chi connectivity index (χ1v) is 11.7. The molecule has 0 aliphatic carbocycles. The lowest BCUT2D eigenvalue weighted by Crippen LogP contribution is -2.14. The number of hydrogen-bond acceptors (Lipinski definition) is 7. The number of tetrazole rings is 1. The van der Waals surface area contributed by atoms with Crippen LogP contribution >= 0.6 is 11.6 Å². The summed E-state index contributed by atoms with van der Waals surface area (Å²) >= 11 is 6.13. The first kappa shape index (κ1) is 23.1. The van der Waals surface area contributed by atoms with Gasteiger partial charge in [0.2, 0.25) is 0 Å². The predicted molar refractivity (Wildman–Crippen MR) is 141 cm³/mol. The van der Waals surface area contributed by atoms with Gasteiger partial charge in [-0.05, 0) is 40.8 Å². The van der Waals surface area contributed by atoms with E-state index < -0.39 is 11.8 Å². The van der Waals surface area contributed by atoms with E-state index in [1.807, 2.05) is 36.4 Å². The van der Waals surface area contributed by atoms with E-state index in [0.717, 1.165) is 10.9 Å². The highest BCUT2D eigenvalue weighted by atomic mass is 35.5. The van der Waals surface area contributed by atoms with Crippen LogP contribution in [0.15, 0.2) is 83.4 Å². The smallest absolute Gasteiger partial charge is 0.277 e. The van der Waals surface area contributed by atoms with E-state index in [-0.39, 0.29) is 11.4 Å². The number of aromatic nitrogens is 6. The van der Waals surface area contributed by atoms with Crippen molar-refractivity contribution in [3.05, 3.63) is 95.3 Å². The lowest BCUT2D eigenvalue weighted by molar-refractivity contribution is 0.101. The monoisotopic (exact) mass is 524 g/mol. The van der Waals surface area contributed by atoms with Crippen LogP contribution in [-0.4, -0.2) is 42.6 Å². The third-order valence-corrected chi connectivity index (χ3v) is 6.02. The quantitative estimate of drug-likeness (QED) is 0.234. The van der Waals surface area contributed by atoms with Crippen LogP contribution in [0.1, 0.15) is 21.0 Å². The van der Waals surface area contributed by atoms with Gasteiger partial charge in [0.15, 0.2) is 17.3 Å². The Morgan fingerprint density at radius 3 is 2.53 bits per heavy atom. The van der Waals surface area contributed by atoms with E-state index >= 15 is 0 Å². The van der Waals surface area contributed by atoms with Crippen LogP contribution < -0.4 is 10.6 Å². The van der Waals surface area contributed by atoms with Gasteiger partial charge in [-0.25, -0.2) is 5.10 Å². The lowest BCUT2D eigenvalue weighted by Gasteiger charge is -2.09. The van der Waals surface area contributed by atoms with Crippen LogP contribution in [0.25, 0.3) is 33.6 Å². The Balaban J connectivity index is 1.24. The molecule has 0 atom stereocenters. The molecular weight excluding hydrogens is 508 g/mol. The molecule has 3 aromatic carbocycles. The number of carbonyl (C=O) groups is 2. The summed E-state index contributed by atoms with van der Waals surface area (Å²) in [6.07, 6.45) is 0. The molecule has 4 N–H and O–H groups in total. The number of para-hydroxylation sites is 1. The fourth-order valence-corrected chi connectivity index (χ4v) is 4.15. The second-order valence-corrected chi connectivity index (χ2v) is 8.68. The number of H-pyrrole nitrogens is 2. The molecule has 3 heterocycles. The van der Waals surface area contributed by atoms with Crippen molar-refractivity contribution in [2.75, 3.05) is 10.6 Å². The second-order valence-electron chi connectivity index (χ2n) is 8.24. The lowest BCUT2D eigenvalue weighted by atomic mass is 10.1. The number of anilines is 2. The van der Waals surface area contributed by atoms with Gasteiger partial charge in [-0.1, -0.05) is 59.2 Å². The molecule has 0 spiro atoms. The van der Waals surface area contributed by atoms with Crippen molar-refractivity contribution in [1.82, 2.24) is 30.8 Å². The van der Waals surface area contributed by atoms with Gasteiger partial charge in [0.1, 0.15) is 5.69 Å². The van der Waals surface area contributed by atoms with Crippen LogP contribution in [0.4, 0.5) is 11.4 Å². The van der Waals surface area contributed by atoms with Gasteiger partial charge >= 0.3 is 0 Å². The zero-order chi connectivity index (χ0) is 26.1. The number of hydrogen-bond donors (Lipinski definition) is 4. The molecule has 12 heteroatoms. The molecular formula is C26H17ClN8O3. The van der Waals surface area contributed by atoms with Gasteiger partial charge in [0.25, 0.3) is 11.8 Å². The Bertz CT molecular complexity index is 1780. The van der Waals surface area contributed by atoms with E-state index in [1.165, 1.54) is 0 Å². The van der Waals surface area contributed by atoms with Crippen LogP contribution in [0.2, 0.25) is 5.02 Å². The standard InChI is InChI=1S/C26H17ClN8O3/c27-16-9-10-18(17(12-16)24-31-34-35-32-24)29-25(36)20-11-15-7-4-8-19(23(15)28-20)30-26(37)21-13-22(38-33-21)14-5-2-1-3-6-14/h1-13,28H,(H,29,36)(H,30,37)(H,31,32,34,35). The number of amides is 2. The third-order valence-electron chi connectivity index (χ3n) is 5.78. The van der Waals surface area contributed by atoms with Crippen molar-refractivity contribution in [1.29, 1.82) is 0 Å². The van der Waals surface area contributed by atoms with E-state index in [0.29, 0.717) is 39.1 Å². The summed E-state index contributed by atoms with van der Waals surface area (Å²) in [5, 5.41) is 24.5. The normalized spacial score (nSPS) is 11.0. The van der Waals surface area contributed by atoms with Crippen LogP contribution in [0, 0.1) is 0 Å². The van der Waals surface area contributed by atoms with Gasteiger partial charge in [-0.15, -0.1) is 5.10 Å². The largest absolute Gasteiger partial charge is 0.355 e. The second kappa shape index (κ2) is 9.64. The molecule has 6 aromatic rings. The van der Waals surface area contributed by atoms with Crippen LogP contribution in [0.3, 0.4) is 0 Å². The van der Waals surface area contributed by atoms with Crippen molar-refractivity contribution in [3.63, 3.8) is 0 Å². The maximum Gasteiger partial charge on any atom is 0.277 e. The van der Waals surface area contributed by atoms with Gasteiger partial charge in [0.05, 0.1) is 16.9 Å². The molecule has 2 amide bonds. The number of nitrogens with zero attached hydrogens (tertiary/aromatic N) is 4. The van der Waals surface area contributed by atoms with Crippen molar-refractivity contribution >= 4 is 45.7 Å². The number of aromatic amines is 2. The van der Waals surface area contributed by atoms with Crippen molar-refractivity contribution in [3.8, 4) is 22.7 Å². The third kappa shape index (κ3) is 4.49. The molecule has 3 aromatic heterocycles. The van der Waals surface area contributed by atoms with E-state index in [9.17, 15) is 9.59 Å². The predicted octanol–water partition coefficient (Wildman–Crippen LogP) is 5.16. The number of carbonyl (C=O) groups excluding carboxylic acids is 2. The van der Waals surface area contributed by atoms with Gasteiger partial charge in [-0.2, -0.15) is 0 Å². The van der Waals surface area contributed by atoms with Gasteiger partial charge < -0.3 is 20.1 Å². The summed E-state index contributed by atoms with van der Waals surface area (Å²) in [5.41, 5.74) is 3.27. The van der Waals surface area contributed by atoms with E-state index in [2.05, 4.69) is 41.4 Å². The Labute approximate surface area is 219 Å². The minimum absolute atomic E-state index is 0.127. The van der Waals surface area contributed by atoms with Crippen molar-refractivity contribution in [2.24, 2.45) is 0 Å². The zero-order valence-electron chi connectivity index (χ0n) is 19.4. The maximum absolute atomic E-state index is 13.1. The fourth-order valence-electron chi connectivity index (χ4n) is 3.97. The topological polar surface area (TPSA) is 154 Å². The van der Waals surface area contributed by atoms with E-state index in [1.54, 1.807) is 42.5 Å². The fraction of sp³-hybridized carbons (Fsp3) is 0. The van der Waals surface area contributed by atoms with Crippen LogP contribution in [0.5, 0.6) is 0 Å². The number of benzene rings is 3. The summed E-state index contributed by atoms with van der Waals surface area (Å²) in [6, 6.07) is 22.9. The van der Waals surface area contributed by atoms with E-state index in [4.69, 9.17) is 16.1 Å². The average Bonchev–Trinajstić information content (AvgIpc) is 3.71. The Kier molecular flexibility index (Phi) is 5.86. The number of nitrogens with one attached hydrogen (secondary N) is 4. The number of halogens is 1. The highest BCUT2D eigenvalue weighted by Gasteiger charge is 2.18. The minimum atomic E-state index is -0.449. The maximum atomic E-state index is 13.1. The Hall–Kier alpha value is -5.29. The summed E-state index contributed by atoms with van der Waals surface area (Å²) < 4.78 is 5.34. The molecule has 186 valence electrons. The first-order valence-electron chi connectivity index (χ1n) is 11.4. The summed E-state index contributed by atoms with van der Waals surface area (Å²) in [6.45, 7) is 0. The highest BCUT2D eigenvalue weighted by Crippen LogP contribution is 2.30. The molecule has 0 fully saturated rings. The summed E-state index contributed by atoms with van der Waals surface area (Å²) in [5.74, 6) is -0.0165. The zero-order valence-corrected chi connectivity index (χ0v) is 20.2. The molecule has 0 saturated heterocycles. The van der Waals surface area contributed by atoms with Crippen molar-refractivity contribution in [2.45, 2.75) is 0 Å². The molecule has 38 heavy (non-hydrogen) atoms. The first-order chi connectivity index (χ1) is 18.5. The number of fused-ring (bicyclic) bond motifs is 1. The minimum Gasteiger partial charge on any atom is -0.355 e.